The van der Waals surface area contributed by atoms with E-state index in [1.807, 2.05) is 0 Å². The van der Waals surface area contributed by atoms with Gasteiger partial charge in [0.1, 0.15) is 0 Å². The van der Waals surface area contributed by atoms with E-state index >= 15 is 0 Å². The van der Waals surface area contributed by atoms with Gasteiger partial charge in [0.2, 0.25) is 6.41 Å². The lowest BCUT2D eigenvalue weighted by Gasteiger charge is -2.00. The fourth-order valence-electron chi connectivity index (χ4n) is 0.330. The summed E-state index contributed by atoms with van der Waals surface area (Å²) in [6.45, 7) is 3.26. The van der Waals surface area contributed by atoms with Crippen LogP contribution in [0.4, 0.5) is 4.79 Å². The molecule has 0 aromatic heterocycles. The zero-order chi connectivity index (χ0) is 9.40. The highest BCUT2D eigenvalue weighted by molar-refractivity contribution is 14.1. The van der Waals surface area contributed by atoms with Crippen LogP contribution in [0.15, 0.2) is 22.7 Å². The van der Waals surface area contributed by atoms with E-state index in [1.54, 1.807) is 22.6 Å². The van der Waals surface area contributed by atoms with Crippen LogP contribution in [0.1, 0.15) is 0 Å². The quantitative estimate of drug-likeness (QED) is 0.456. The van der Waals surface area contributed by atoms with Crippen molar-refractivity contribution in [1.29, 1.82) is 0 Å². The van der Waals surface area contributed by atoms with Crippen LogP contribution in [0.3, 0.4) is 0 Å². The Morgan fingerprint density at radius 2 is 2.25 bits per heavy atom. The summed E-state index contributed by atoms with van der Waals surface area (Å²) in [5.74, 6) is 0. The monoisotopic (exact) mass is 282 g/mol. The fourth-order valence-corrected chi connectivity index (χ4v) is 0.710. The molecule has 12 heavy (non-hydrogen) atoms. The van der Waals surface area contributed by atoms with Gasteiger partial charge < -0.3 is 10.1 Å². The molecule has 6 heteroatoms. The molecule has 0 spiro atoms. The molecule has 0 radical (unpaired) electrons. The predicted octanol–water partition coefficient (Wildman–Crippen LogP) is 0.836. The second-order valence-electron chi connectivity index (χ2n) is 1.47. The molecule has 0 aliphatic heterocycles. The van der Waals surface area contributed by atoms with Crippen molar-refractivity contribution >= 4 is 35.1 Å². The molecule has 0 saturated carbocycles. The van der Waals surface area contributed by atoms with E-state index in [0.717, 1.165) is 0 Å². The van der Waals surface area contributed by atoms with Crippen LogP contribution in [0.2, 0.25) is 0 Å². The molecule has 0 rings (SSSR count). The fraction of sp³-hybridized carbons (Fsp3) is 0. The molecule has 2 amide bonds. The first kappa shape index (κ1) is 11.0. The molecule has 0 bridgehead atoms. The van der Waals surface area contributed by atoms with Crippen LogP contribution in [0, 0.1) is 0 Å². The number of halogens is 1. The maximum absolute atomic E-state index is 10.7. The lowest BCUT2D eigenvalue weighted by atomic mass is 10.9. The average Bonchev–Trinajstić information content (AvgIpc) is 2.01. The first-order valence-corrected chi connectivity index (χ1v) is 3.93. The summed E-state index contributed by atoms with van der Waals surface area (Å²) in [7, 11) is 0. The van der Waals surface area contributed by atoms with Gasteiger partial charge in [-0.25, -0.2) is 4.79 Å². The lowest BCUT2D eigenvalue weighted by Crippen LogP contribution is -2.17. The number of nitrogens with one attached hydrogen (secondary N) is 2. The topological polar surface area (TPSA) is 67.4 Å². The van der Waals surface area contributed by atoms with E-state index in [-0.39, 0.29) is 3.77 Å². The zero-order valence-electron chi connectivity index (χ0n) is 6.04. The molecule has 0 aliphatic carbocycles. The van der Waals surface area contributed by atoms with Gasteiger partial charge in [0, 0.05) is 22.6 Å². The SMILES string of the molecule is C=CNC(=O)OC(I)=CNC=O. The van der Waals surface area contributed by atoms with Crippen molar-refractivity contribution in [2.24, 2.45) is 0 Å². The molecule has 0 aromatic carbocycles. The van der Waals surface area contributed by atoms with Crippen LogP contribution in [-0.4, -0.2) is 12.5 Å². The summed E-state index contributed by atoms with van der Waals surface area (Å²) >= 11 is 1.74. The summed E-state index contributed by atoms with van der Waals surface area (Å²) in [5.41, 5.74) is 0. The number of ether oxygens (including phenoxy) is 1. The van der Waals surface area contributed by atoms with Crippen LogP contribution in [0.25, 0.3) is 0 Å². The minimum absolute atomic E-state index is 0.249. The highest BCUT2D eigenvalue weighted by Crippen LogP contribution is 2.05. The Morgan fingerprint density at radius 1 is 1.58 bits per heavy atom. The number of rotatable bonds is 4. The molecule has 0 fully saturated rings. The van der Waals surface area contributed by atoms with Crippen molar-refractivity contribution in [3.63, 3.8) is 0 Å². The smallest absolute Gasteiger partial charge is 0.402 e. The van der Waals surface area contributed by atoms with Crippen LogP contribution in [-0.2, 0) is 9.53 Å². The van der Waals surface area contributed by atoms with E-state index in [0.29, 0.717) is 6.41 Å². The molecule has 66 valence electrons. The third-order valence-electron chi connectivity index (χ3n) is 0.675. The minimum atomic E-state index is -0.654. The summed E-state index contributed by atoms with van der Waals surface area (Å²) < 4.78 is 4.85. The molecule has 0 aromatic rings. The van der Waals surface area contributed by atoms with Crippen LogP contribution < -0.4 is 10.6 Å². The normalized spacial score (nSPS) is 9.92. The van der Waals surface area contributed by atoms with Crippen molar-refractivity contribution in [2.45, 2.75) is 0 Å². The first-order chi connectivity index (χ1) is 5.70. The van der Waals surface area contributed by atoms with Gasteiger partial charge in [0.25, 0.3) is 0 Å². The van der Waals surface area contributed by atoms with E-state index in [9.17, 15) is 9.59 Å². The van der Waals surface area contributed by atoms with Gasteiger partial charge in [-0.2, -0.15) is 0 Å². The zero-order valence-corrected chi connectivity index (χ0v) is 8.20. The van der Waals surface area contributed by atoms with Gasteiger partial charge >= 0.3 is 6.09 Å². The molecule has 0 aliphatic rings. The second kappa shape index (κ2) is 6.65. The van der Waals surface area contributed by atoms with Crippen molar-refractivity contribution in [3.8, 4) is 0 Å². The van der Waals surface area contributed by atoms with Crippen molar-refractivity contribution in [1.82, 2.24) is 10.6 Å². The summed E-state index contributed by atoms with van der Waals surface area (Å²) in [6.07, 6.45) is 2.25. The van der Waals surface area contributed by atoms with Crippen molar-refractivity contribution in [3.05, 3.63) is 22.7 Å². The van der Waals surface area contributed by atoms with E-state index in [4.69, 9.17) is 0 Å². The second-order valence-corrected chi connectivity index (χ2v) is 2.53. The van der Waals surface area contributed by atoms with E-state index in [1.165, 1.54) is 12.4 Å². The van der Waals surface area contributed by atoms with Gasteiger partial charge in [0.15, 0.2) is 3.77 Å². The van der Waals surface area contributed by atoms with Crippen LogP contribution in [0.5, 0.6) is 0 Å². The summed E-state index contributed by atoms with van der Waals surface area (Å²) in [6, 6.07) is 0. The minimum Gasteiger partial charge on any atom is -0.402 e. The Bertz CT molecular complexity index is 215. The van der Waals surface area contributed by atoms with Gasteiger partial charge in [-0.3, -0.25) is 10.1 Å². The standard InChI is InChI=1S/C6H7IN2O3/c1-2-9-6(11)12-5(7)3-8-4-10/h2-4H,1H2,(H,8,10)(H,9,11). The average molecular weight is 282 g/mol. The number of amides is 2. The molecule has 0 heterocycles. The number of alkyl carbamates (subject to hydrolysis) is 1. The third kappa shape index (κ3) is 5.71. The van der Waals surface area contributed by atoms with Crippen molar-refractivity contribution in [2.75, 3.05) is 0 Å². The van der Waals surface area contributed by atoms with Crippen LogP contribution >= 0.6 is 22.6 Å². The molecule has 0 saturated heterocycles. The number of hydrogen-bond donors (Lipinski definition) is 2. The van der Waals surface area contributed by atoms with E-state index < -0.39 is 6.09 Å². The molecular formula is C6H7IN2O3. The summed E-state index contributed by atoms with van der Waals surface area (Å²) in [5, 5.41) is 4.41. The largest absolute Gasteiger partial charge is 0.417 e. The number of carbonyl (C=O) groups is 2. The number of carbonyl (C=O) groups excluding carboxylic acids is 2. The third-order valence-corrected chi connectivity index (χ3v) is 1.21. The number of hydrogen-bond acceptors (Lipinski definition) is 3. The first-order valence-electron chi connectivity index (χ1n) is 2.85. The maximum atomic E-state index is 10.7. The van der Waals surface area contributed by atoms with Crippen molar-refractivity contribution < 1.29 is 14.3 Å². The molecule has 0 unspecified atom stereocenters. The Labute approximate surface area is 83.0 Å². The predicted molar refractivity (Wildman–Crippen MR) is 51.1 cm³/mol. The van der Waals surface area contributed by atoms with Gasteiger partial charge in [-0.1, -0.05) is 6.58 Å². The van der Waals surface area contributed by atoms with Gasteiger partial charge in [0.05, 0.1) is 6.20 Å². The lowest BCUT2D eigenvalue weighted by molar-refractivity contribution is -0.108. The van der Waals surface area contributed by atoms with Gasteiger partial charge in [-0.05, 0) is 6.20 Å². The summed E-state index contributed by atoms with van der Waals surface area (Å²) in [4.78, 5) is 20.4. The molecule has 0 atom stereocenters. The van der Waals surface area contributed by atoms with Gasteiger partial charge in [-0.15, -0.1) is 0 Å². The molecule has 2 N–H and O–H groups in total. The Morgan fingerprint density at radius 3 is 2.75 bits per heavy atom. The molecule has 5 nitrogen and oxygen atoms in total. The Hall–Kier alpha value is -1.05. The Kier molecular flexibility index (Phi) is 6.07. The maximum Gasteiger partial charge on any atom is 0.417 e. The Balaban J connectivity index is 3.81. The highest BCUT2D eigenvalue weighted by Gasteiger charge is 1.99. The van der Waals surface area contributed by atoms with E-state index in [2.05, 4.69) is 21.9 Å². The molecular weight excluding hydrogens is 275 g/mol. The highest BCUT2D eigenvalue weighted by atomic mass is 127.